The van der Waals surface area contributed by atoms with Gasteiger partial charge in [0, 0.05) is 45.1 Å². The molecule has 7 heteroatoms. The van der Waals surface area contributed by atoms with Crippen molar-refractivity contribution in [1.29, 1.82) is 0 Å². The van der Waals surface area contributed by atoms with E-state index in [2.05, 4.69) is 15.3 Å². The topological polar surface area (TPSA) is 81.3 Å². The van der Waals surface area contributed by atoms with E-state index >= 15 is 0 Å². The Balaban J connectivity index is 1.46. The summed E-state index contributed by atoms with van der Waals surface area (Å²) >= 11 is 0. The summed E-state index contributed by atoms with van der Waals surface area (Å²) in [4.78, 5) is 36.1. The highest BCUT2D eigenvalue weighted by Crippen LogP contribution is 2.16. The third-order valence-corrected chi connectivity index (χ3v) is 5.42. The average Bonchev–Trinajstić information content (AvgIpc) is 3.10. The number of carbonyl (C=O) groups is 2. The van der Waals surface area contributed by atoms with Crippen LogP contribution in [0.4, 0.5) is 4.79 Å². The molecule has 1 fully saturated rings. The zero-order valence-corrected chi connectivity index (χ0v) is 17.3. The number of rotatable bonds is 5. The summed E-state index contributed by atoms with van der Waals surface area (Å²) in [5.74, 6) is 1.12. The molecule has 0 aliphatic carbocycles. The van der Waals surface area contributed by atoms with Crippen molar-refractivity contribution in [2.75, 3.05) is 26.7 Å². The van der Waals surface area contributed by atoms with Gasteiger partial charge < -0.3 is 20.1 Å². The summed E-state index contributed by atoms with van der Waals surface area (Å²) in [7, 11) is 1.81. The van der Waals surface area contributed by atoms with Crippen molar-refractivity contribution < 1.29 is 9.59 Å². The predicted molar refractivity (Wildman–Crippen MR) is 110 cm³/mol. The number of hydrogen-bond donors (Lipinski definition) is 2. The minimum absolute atomic E-state index is 0.0271. The van der Waals surface area contributed by atoms with Crippen molar-refractivity contribution in [2.45, 2.75) is 46.1 Å². The number of hydrogen-bond acceptors (Lipinski definition) is 3. The van der Waals surface area contributed by atoms with Crippen LogP contribution in [0.5, 0.6) is 0 Å². The molecule has 3 rings (SSSR count). The average molecular weight is 386 g/mol. The van der Waals surface area contributed by atoms with E-state index in [0.717, 1.165) is 35.3 Å². The molecule has 0 radical (unpaired) electrons. The van der Waals surface area contributed by atoms with Gasteiger partial charge in [-0.1, -0.05) is 26.0 Å². The number of benzene rings is 1. The van der Waals surface area contributed by atoms with E-state index in [1.807, 2.05) is 43.9 Å². The second-order valence-corrected chi connectivity index (χ2v) is 8.03. The number of nitrogens with one attached hydrogen (secondary N) is 2. The fraction of sp³-hybridized carbons (Fsp3) is 0.571. The Labute approximate surface area is 166 Å². The van der Waals surface area contributed by atoms with Crippen molar-refractivity contribution in [2.24, 2.45) is 5.92 Å². The van der Waals surface area contributed by atoms with Gasteiger partial charge in [-0.05, 0) is 31.4 Å². The monoisotopic (exact) mass is 385 g/mol. The van der Waals surface area contributed by atoms with E-state index < -0.39 is 0 Å². The molecule has 0 bridgehead atoms. The number of urea groups is 1. The molecule has 152 valence electrons. The van der Waals surface area contributed by atoms with E-state index in [-0.39, 0.29) is 23.9 Å². The lowest BCUT2D eigenvalue weighted by atomic mass is 10.0. The molecule has 1 saturated heterocycles. The van der Waals surface area contributed by atoms with E-state index in [1.54, 1.807) is 11.9 Å². The van der Waals surface area contributed by atoms with Crippen molar-refractivity contribution in [3.05, 3.63) is 29.6 Å². The van der Waals surface area contributed by atoms with Crippen molar-refractivity contribution in [3.8, 4) is 0 Å². The third-order valence-electron chi connectivity index (χ3n) is 5.42. The normalized spacial score (nSPS) is 15.2. The molecule has 28 heavy (non-hydrogen) atoms. The number of aromatic nitrogens is 2. The van der Waals surface area contributed by atoms with Crippen LogP contribution < -0.4 is 5.32 Å². The van der Waals surface area contributed by atoms with Crippen LogP contribution in [0.1, 0.15) is 38.1 Å². The smallest absolute Gasteiger partial charge is 0.317 e. The summed E-state index contributed by atoms with van der Waals surface area (Å²) in [6.45, 7) is 7.92. The lowest BCUT2D eigenvalue weighted by molar-refractivity contribution is -0.135. The lowest BCUT2D eigenvalue weighted by Crippen LogP contribution is -2.50. The Morgan fingerprint density at radius 1 is 1.32 bits per heavy atom. The molecule has 1 aliphatic rings. The zero-order valence-electron chi connectivity index (χ0n) is 17.3. The number of piperidine rings is 1. The summed E-state index contributed by atoms with van der Waals surface area (Å²) in [6, 6.07) is 6.14. The summed E-state index contributed by atoms with van der Waals surface area (Å²) < 4.78 is 0. The number of H-pyrrole nitrogens is 1. The van der Waals surface area contributed by atoms with Crippen LogP contribution in [0.15, 0.2) is 18.2 Å². The number of nitrogens with zero attached hydrogens (tertiary/aromatic N) is 3. The van der Waals surface area contributed by atoms with Crippen molar-refractivity contribution in [1.82, 2.24) is 25.1 Å². The molecule has 0 saturated carbocycles. The summed E-state index contributed by atoms with van der Waals surface area (Å²) in [6.07, 6.45) is 2.29. The van der Waals surface area contributed by atoms with Gasteiger partial charge in [0.05, 0.1) is 11.0 Å². The number of likely N-dealkylation sites (tertiary alicyclic amines) is 1. The first-order chi connectivity index (χ1) is 13.3. The maximum atomic E-state index is 12.5. The Bertz CT molecular complexity index is 836. The molecule has 1 aliphatic heterocycles. The minimum Gasteiger partial charge on any atom is -0.342 e. The van der Waals surface area contributed by atoms with Crippen LogP contribution in [-0.4, -0.2) is 64.4 Å². The maximum Gasteiger partial charge on any atom is 0.317 e. The molecule has 0 unspecified atom stereocenters. The third kappa shape index (κ3) is 4.64. The van der Waals surface area contributed by atoms with Crippen molar-refractivity contribution in [3.63, 3.8) is 0 Å². The molecular formula is C21H31N5O2. The molecule has 2 aromatic rings. The minimum atomic E-state index is -0.0686. The summed E-state index contributed by atoms with van der Waals surface area (Å²) in [5, 5.41) is 3.10. The Kier molecular flexibility index (Phi) is 6.21. The van der Waals surface area contributed by atoms with Gasteiger partial charge in [0.25, 0.3) is 0 Å². The van der Waals surface area contributed by atoms with Crippen LogP contribution in [-0.2, 0) is 11.2 Å². The largest absolute Gasteiger partial charge is 0.342 e. The molecular weight excluding hydrogens is 354 g/mol. The highest BCUT2D eigenvalue weighted by atomic mass is 16.2. The molecule has 3 amide bonds. The number of carbonyl (C=O) groups excluding carboxylic acids is 2. The SMILES string of the molecule is Cc1cccc2[nH]c(CCN(C)C(=O)NC3CCN(C(=O)C(C)C)CC3)nc12. The molecule has 2 heterocycles. The maximum absolute atomic E-state index is 12.5. The Hall–Kier alpha value is -2.57. The van der Waals surface area contributed by atoms with Gasteiger partial charge in [0.1, 0.15) is 5.82 Å². The number of fused-ring (bicyclic) bond motifs is 1. The summed E-state index contributed by atoms with van der Waals surface area (Å²) in [5.41, 5.74) is 3.17. The van der Waals surface area contributed by atoms with Gasteiger partial charge in [0.15, 0.2) is 0 Å². The van der Waals surface area contributed by atoms with Gasteiger partial charge in [-0.2, -0.15) is 0 Å². The number of likely N-dealkylation sites (N-methyl/N-ethyl adjacent to an activating group) is 1. The van der Waals surface area contributed by atoms with Crippen molar-refractivity contribution >= 4 is 23.0 Å². The van der Waals surface area contributed by atoms with Gasteiger partial charge >= 0.3 is 6.03 Å². The lowest BCUT2D eigenvalue weighted by Gasteiger charge is -2.34. The number of imidazole rings is 1. The molecule has 7 nitrogen and oxygen atoms in total. The fourth-order valence-electron chi connectivity index (χ4n) is 3.61. The van der Waals surface area contributed by atoms with Gasteiger partial charge in [-0.15, -0.1) is 0 Å². The fourth-order valence-corrected chi connectivity index (χ4v) is 3.61. The van der Waals surface area contributed by atoms with Crippen LogP contribution >= 0.6 is 0 Å². The van der Waals surface area contributed by atoms with Gasteiger partial charge in [0.2, 0.25) is 5.91 Å². The van der Waals surface area contributed by atoms with E-state index in [9.17, 15) is 9.59 Å². The zero-order chi connectivity index (χ0) is 20.3. The highest BCUT2D eigenvalue weighted by Gasteiger charge is 2.25. The quantitative estimate of drug-likeness (QED) is 0.830. The first kappa shape index (κ1) is 20.2. The first-order valence-corrected chi connectivity index (χ1v) is 10.1. The highest BCUT2D eigenvalue weighted by molar-refractivity contribution is 5.79. The van der Waals surface area contributed by atoms with Gasteiger partial charge in [-0.25, -0.2) is 9.78 Å². The molecule has 0 spiro atoms. The molecule has 1 aromatic heterocycles. The van der Waals surface area contributed by atoms with Crippen LogP contribution in [0.3, 0.4) is 0 Å². The number of aromatic amines is 1. The van der Waals surface area contributed by atoms with Crippen LogP contribution in [0.2, 0.25) is 0 Å². The van der Waals surface area contributed by atoms with E-state index in [0.29, 0.717) is 26.1 Å². The Morgan fingerprint density at radius 2 is 2.04 bits per heavy atom. The Morgan fingerprint density at radius 3 is 2.68 bits per heavy atom. The second kappa shape index (κ2) is 8.63. The number of aryl methyl sites for hydroxylation is 1. The second-order valence-electron chi connectivity index (χ2n) is 8.03. The van der Waals surface area contributed by atoms with Crippen LogP contribution in [0, 0.1) is 12.8 Å². The molecule has 0 atom stereocenters. The van der Waals surface area contributed by atoms with E-state index in [1.165, 1.54) is 0 Å². The van der Waals surface area contributed by atoms with Crippen LogP contribution in [0.25, 0.3) is 11.0 Å². The predicted octanol–water partition coefficient (Wildman–Crippen LogP) is 2.70. The van der Waals surface area contributed by atoms with Gasteiger partial charge in [-0.3, -0.25) is 4.79 Å². The molecule has 2 N–H and O–H groups in total. The number of amides is 3. The first-order valence-electron chi connectivity index (χ1n) is 10.1. The number of para-hydroxylation sites is 1. The molecule has 1 aromatic carbocycles. The van der Waals surface area contributed by atoms with E-state index in [4.69, 9.17) is 0 Å². The standard InChI is InChI=1S/C21H31N5O2/c1-14(2)20(27)26-12-8-16(9-13-26)22-21(28)25(4)11-10-18-23-17-7-5-6-15(3)19(17)24-18/h5-7,14,16H,8-13H2,1-4H3,(H,22,28)(H,23,24).